The Bertz CT molecular complexity index is 326. The van der Waals surface area contributed by atoms with Crippen LogP contribution in [0.5, 0.6) is 5.75 Å². The van der Waals surface area contributed by atoms with Gasteiger partial charge in [0, 0.05) is 19.8 Å². The van der Waals surface area contributed by atoms with Crippen molar-refractivity contribution in [1.29, 1.82) is 0 Å². The summed E-state index contributed by atoms with van der Waals surface area (Å²) in [5.74, 6) is 0.162. The molecule has 0 heterocycles. The Labute approximate surface area is 104 Å². The third-order valence-corrected chi connectivity index (χ3v) is 5.33. The molecule has 96 valence electrons. The maximum absolute atomic E-state index is 9.92. The van der Waals surface area contributed by atoms with E-state index in [1.807, 2.05) is 26.8 Å². The predicted octanol–water partition coefficient (Wildman–Crippen LogP) is 1.65. The van der Waals surface area contributed by atoms with Crippen LogP contribution in [0.1, 0.15) is 20.8 Å². The number of phenolic OH excluding ortho intramolecular Hbond substituents is 1. The lowest BCUT2D eigenvalue weighted by Gasteiger charge is -2.28. The summed E-state index contributed by atoms with van der Waals surface area (Å²) in [6.07, 6.45) is 0. The molecule has 0 aliphatic heterocycles. The van der Waals surface area contributed by atoms with Gasteiger partial charge in [0.2, 0.25) is 0 Å². The fourth-order valence-corrected chi connectivity index (χ4v) is 4.21. The zero-order chi connectivity index (χ0) is 12.7. The van der Waals surface area contributed by atoms with Crippen LogP contribution in [0.3, 0.4) is 0 Å². The number of rotatable bonds is 7. The van der Waals surface area contributed by atoms with Crippen LogP contribution in [0.4, 0.5) is 0 Å². The van der Waals surface area contributed by atoms with Gasteiger partial charge in [-0.1, -0.05) is 18.2 Å². The summed E-state index contributed by atoms with van der Waals surface area (Å²) in [5.41, 5.74) is 0. The number of hydrogen-bond acceptors (Lipinski definition) is 4. The minimum Gasteiger partial charge on any atom is -0.508 e. The zero-order valence-corrected chi connectivity index (χ0v) is 11.6. The van der Waals surface area contributed by atoms with E-state index in [0.717, 1.165) is 0 Å². The number of benzene rings is 1. The van der Waals surface area contributed by atoms with Crippen molar-refractivity contribution >= 4 is 14.0 Å². The summed E-state index contributed by atoms with van der Waals surface area (Å²) in [4.78, 5) is 0. The van der Waals surface area contributed by atoms with Crippen LogP contribution >= 0.6 is 0 Å². The van der Waals surface area contributed by atoms with E-state index in [9.17, 15) is 5.11 Å². The molecule has 4 nitrogen and oxygen atoms in total. The van der Waals surface area contributed by atoms with Crippen LogP contribution in [0, 0.1) is 0 Å². The average Bonchev–Trinajstić information content (AvgIpc) is 2.30. The molecular weight excluding hydrogens is 236 g/mol. The molecule has 0 aromatic heterocycles. The molecule has 1 rings (SSSR count). The van der Waals surface area contributed by atoms with Gasteiger partial charge in [-0.15, -0.1) is 0 Å². The first-order valence-corrected chi connectivity index (χ1v) is 7.63. The highest BCUT2D eigenvalue weighted by Crippen LogP contribution is 2.16. The van der Waals surface area contributed by atoms with Crippen molar-refractivity contribution in [2.24, 2.45) is 0 Å². The Balaban J connectivity index is 3.14. The quantitative estimate of drug-likeness (QED) is 0.754. The van der Waals surface area contributed by atoms with E-state index < -0.39 is 8.80 Å². The highest BCUT2D eigenvalue weighted by atomic mass is 28.4. The van der Waals surface area contributed by atoms with Gasteiger partial charge in [0.05, 0.1) is 5.19 Å². The Morgan fingerprint density at radius 1 is 0.941 bits per heavy atom. The molecule has 1 N–H and O–H groups in total. The van der Waals surface area contributed by atoms with Crippen molar-refractivity contribution in [2.45, 2.75) is 20.8 Å². The Morgan fingerprint density at radius 2 is 1.41 bits per heavy atom. The molecule has 0 unspecified atom stereocenters. The van der Waals surface area contributed by atoms with Gasteiger partial charge in [-0.25, -0.2) is 0 Å². The molecule has 0 aliphatic rings. The van der Waals surface area contributed by atoms with Gasteiger partial charge in [-0.2, -0.15) is 0 Å². The molecule has 0 aliphatic carbocycles. The molecule has 0 radical (unpaired) electrons. The maximum atomic E-state index is 9.92. The van der Waals surface area contributed by atoms with Gasteiger partial charge >= 0.3 is 8.80 Å². The summed E-state index contributed by atoms with van der Waals surface area (Å²) >= 11 is 0. The Hall–Kier alpha value is -0.883. The minimum atomic E-state index is -2.97. The van der Waals surface area contributed by atoms with Crippen LogP contribution in [0.15, 0.2) is 24.3 Å². The molecule has 17 heavy (non-hydrogen) atoms. The monoisotopic (exact) mass is 256 g/mol. The van der Waals surface area contributed by atoms with Crippen molar-refractivity contribution in [3.8, 4) is 5.75 Å². The zero-order valence-electron chi connectivity index (χ0n) is 10.6. The molecule has 0 atom stereocenters. The van der Waals surface area contributed by atoms with E-state index in [0.29, 0.717) is 25.0 Å². The summed E-state index contributed by atoms with van der Waals surface area (Å²) < 4.78 is 17.1. The van der Waals surface area contributed by atoms with Crippen LogP contribution in [-0.4, -0.2) is 33.7 Å². The number of para-hydroxylation sites is 1. The molecule has 5 heteroatoms. The molecular formula is C12H20O4Si. The summed E-state index contributed by atoms with van der Waals surface area (Å²) in [6, 6.07) is 7.02. The second kappa shape index (κ2) is 6.76. The lowest BCUT2D eigenvalue weighted by molar-refractivity contribution is 0.0854. The van der Waals surface area contributed by atoms with Gasteiger partial charge in [-0.3, -0.25) is 0 Å². The Kier molecular flexibility index (Phi) is 5.63. The molecule has 0 bridgehead atoms. The highest BCUT2D eigenvalue weighted by Gasteiger charge is 2.45. The molecule has 1 aromatic carbocycles. The van der Waals surface area contributed by atoms with E-state index in [1.165, 1.54) is 0 Å². The molecule has 0 saturated heterocycles. The largest absolute Gasteiger partial charge is 0.541 e. The van der Waals surface area contributed by atoms with Gasteiger partial charge in [-0.05, 0) is 26.8 Å². The minimum absolute atomic E-state index is 0.162. The Morgan fingerprint density at radius 3 is 1.82 bits per heavy atom. The lowest BCUT2D eigenvalue weighted by Crippen LogP contribution is -2.56. The van der Waals surface area contributed by atoms with Gasteiger partial charge in [0.15, 0.2) is 0 Å². The van der Waals surface area contributed by atoms with Crippen molar-refractivity contribution in [3.63, 3.8) is 0 Å². The van der Waals surface area contributed by atoms with E-state index in [1.54, 1.807) is 18.2 Å². The van der Waals surface area contributed by atoms with Crippen LogP contribution in [0.2, 0.25) is 0 Å². The first-order chi connectivity index (χ1) is 8.20. The lowest BCUT2D eigenvalue weighted by atomic mass is 10.3. The standard InChI is InChI=1S/C12H20O4Si/c1-4-14-17(15-5-2,16-6-3)12-10-8-7-9-11(12)13/h7-10,13H,4-6H2,1-3H3. The van der Waals surface area contributed by atoms with Gasteiger partial charge in [0.25, 0.3) is 0 Å². The van der Waals surface area contributed by atoms with Crippen LogP contribution in [0.25, 0.3) is 0 Å². The first kappa shape index (κ1) is 14.2. The predicted molar refractivity (Wildman–Crippen MR) is 68.4 cm³/mol. The van der Waals surface area contributed by atoms with E-state index in [-0.39, 0.29) is 5.75 Å². The second-order valence-corrected chi connectivity index (χ2v) is 5.89. The summed E-state index contributed by atoms with van der Waals surface area (Å²) in [7, 11) is -2.97. The fourth-order valence-electron chi connectivity index (χ4n) is 1.66. The van der Waals surface area contributed by atoms with Crippen molar-refractivity contribution < 1.29 is 18.4 Å². The molecule has 0 spiro atoms. The first-order valence-electron chi connectivity index (χ1n) is 5.90. The van der Waals surface area contributed by atoms with Crippen LogP contribution < -0.4 is 5.19 Å². The van der Waals surface area contributed by atoms with Crippen molar-refractivity contribution in [1.82, 2.24) is 0 Å². The van der Waals surface area contributed by atoms with Crippen molar-refractivity contribution in [2.75, 3.05) is 19.8 Å². The highest BCUT2D eigenvalue weighted by molar-refractivity contribution is 6.76. The molecule has 0 fully saturated rings. The van der Waals surface area contributed by atoms with Crippen molar-refractivity contribution in [3.05, 3.63) is 24.3 Å². The van der Waals surface area contributed by atoms with Gasteiger partial charge in [0.1, 0.15) is 5.75 Å². The molecule has 0 amide bonds. The maximum Gasteiger partial charge on any atom is 0.541 e. The normalized spacial score (nSPS) is 11.7. The topological polar surface area (TPSA) is 47.9 Å². The van der Waals surface area contributed by atoms with E-state index in [2.05, 4.69) is 0 Å². The van der Waals surface area contributed by atoms with E-state index in [4.69, 9.17) is 13.3 Å². The number of hydrogen-bond donors (Lipinski definition) is 1. The van der Waals surface area contributed by atoms with Crippen LogP contribution in [-0.2, 0) is 13.3 Å². The summed E-state index contributed by atoms with van der Waals surface area (Å²) in [5, 5.41) is 10.6. The second-order valence-electron chi connectivity index (χ2n) is 3.37. The van der Waals surface area contributed by atoms with E-state index >= 15 is 0 Å². The number of phenols is 1. The number of aromatic hydroxyl groups is 1. The fraction of sp³-hybridized carbons (Fsp3) is 0.500. The van der Waals surface area contributed by atoms with Gasteiger partial charge < -0.3 is 18.4 Å². The smallest absolute Gasteiger partial charge is 0.508 e. The molecule has 0 saturated carbocycles. The SMILES string of the molecule is CCO[Si](OCC)(OCC)c1ccccc1O. The molecule has 1 aromatic rings. The summed E-state index contributed by atoms with van der Waals surface area (Å²) in [6.45, 7) is 7.13. The third kappa shape index (κ3) is 3.29. The third-order valence-electron chi connectivity index (χ3n) is 2.24. The average molecular weight is 256 g/mol.